The van der Waals surface area contributed by atoms with Gasteiger partial charge in [-0.3, -0.25) is 9.59 Å². The van der Waals surface area contributed by atoms with Crippen LogP contribution in [0.4, 0.5) is 4.39 Å². The maximum Gasteiger partial charge on any atom is 0.298 e. The van der Waals surface area contributed by atoms with Gasteiger partial charge >= 0.3 is 0 Å². The van der Waals surface area contributed by atoms with Crippen LogP contribution in [-0.4, -0.2) is 42.5 Å². The molecule has 168 valence electrons. The number of rotatable bonds is 6. The quantitative estimate of drug-likeness (QED) is 0.445. The lowest BCUT2D eigenvalue weighted by atomic mass is 9.90. The van der Waals surface area contributed by atoms with E-state index in [-0.39, 0.29) is 11.7 Å². The number of carbonyl (C=O) groups is 2. The first kappa shape index (κ1) is 23.1. The molecular weight excluding hydrogens is 411 g/mol. The predicted octanol–water partition coefficient (Wildman–Crippen LogP) is 4.75. The molecule has 3 aromatic rings. The molecule has 0 spiro atoms. The number of benzene rings is 2. The van der Waals surface area contributed by atoms with Gasteiger partial charge in [-0.15, -0.1) is 13.2 Å². The minimum atomic E-state index is -0.228. The van der Waals surface area contributed by atoms with Crippen LogP contribution in [-0.2, 0) is 11.2 Å². The molecule has 1 fully saturated rings. The molecular formula is C25H27FN2O4. The third-order valence-corrected chi connectivity index (χ3v) is 5.71. The molecule has 32 heavy (non-hydrogen) atoms. The highest BCUT2D eigenvalue weighted by Gasteiger charge is 2.26. The van der Waals surface area contributed by atoms with Gasteiger partial charge < -0.3 is 19.4 Å². The average molecular weight is 438 g/mol. The van der Waals surface area contributed by atoms with Crippen molar-refractivity contribution in [1.82, 2.24) is 9.88 Å². The fourth-order valence-corrected chi connectivity index (χ4v) is 4.07. The lowest BCUT2D eigenvalue weighted by molar-refractivity contribution is -0.120. The molecule has 4 rings (SSSR count). The van der Waals surface area contributed by atoms with E-state index in [1.807, 2.05) is 17.0 Å². The second-order valence-electron chi connectivity index (χ2n) is 7.53. The molecule has 0 bridgehead atoms. The van der Waals surface area contributed by atoms with Crippen molar-refractivity contribution < 1.29 is 23.5 Å². The van der Waals surface area contributed by atoms with Gasteiger partial charge in [-0.25, -0.2) is 4.39 Å². The Morgan fingerprint density at radius 2 is 1.88 bits per heavy atom. The Kier molecular flexibility index (Phi) is 7.65. The Morgan fingerprint density at radius 3 is 2.50 bits per heavy atom. The summed E-state index contributed by atoms with van der Waals surface area (Å²) in [5.41, 5.74) is 2.28. The molecule has 1 aliphatic heterocycles. The zero-order valence-electron chi connectivity index (χ0n) is 18.1. The Hall–Kier alpha value is -3.61. The number of piperidine rings is 1. The summed E-state index contributed by atoms with van der Waals surface area (Å²) in [6.07, 6.45) is 4.23. The highest BCUT2D eigenvalue weighted by Crippen LogP contribution is 2.33. The Balaban J connectivity index is 0.00000141. The molecule has 0 atom stereocenters. The minimum Gasteiger partial charge on any atom is -0.496 e. The van der Waals surface area contributed by atoms with E-state index in [9.17, 15) is 14.0 Å². The summed E-state index contributed by atoms with van der Waals surface area (Å²) in [7, 11) is 1.53. The van der Waals surface area contributed by atoms with E-state index in [0.29, 0.717) is 47.9 Å². The van der Waals surface area contributed by atoms with Gasteiger partial charge in [0.15, 0.2) is 5.75 Å². The van der Waals surface area contributed by atoms with Crippen molar-refractivity contribution in [3.05, 3.63) is 72.7 Å². The number of ether oxygens (including phenoxy) is 2. The normalized spacial score (nSPS) is 13.9. The van der Waals surface area contributed by atoms with Crippen LogP contribution in [0.3, 0.4) is 0 Å². The molecule has 1 aromatic heterocycles. The van der Waals surface area contributed by atoms with Crippen LogP contribution in [0.5, 0.6) is 11.5 Å². The molecule has 6 nitrogen and oxygen atoms in total. The standard InChI is InChI=1S/C23H23FN2O4.C2H4/c1-29-21-12-20-18(22(13-25-20)30-14-27)11-19(21)23(28)26-8-6-16(7-9-26)10-15-2-4-17(24)5-3-15;1-2/h2-5,11-14,16,25H,6-10H2,1H3;1-2H2. The second kappa shape index (κ2) is 10.6. The summed E-state index contributed by atoms with van der Waals surface area (Å²) >= 11 is 0. The molecule has 1 aliphatic rings. The summed E-state index contributed by atoms with van der Waals surface area (Å²) < 4.78 is 23.5. The van der Waals surface area contributed by atoms with Crippen LogP contribution in [0.1, 0.15) is 28.8 Å². The molecule has 0 unspecified atom stereocenters. The van der Waals surface area contributed by atoms with Gasteiger partial charge in [0, 0.05) is 30.7 Å². The number of fused-ring (bicyclic) bond motifs is 1. The molecule has 2 heterocycles. The number of halogens is 1. The maximum atomic E-state index is 13.2. The van der Waals surface area contributed by atoms with Crippen molar-refractivity contribution in [2.45, 2.75) is 19.3 Å². The second-order valence-corrected chi connectivity index (χ2v) is 7.53. The first-order valence-electron chi connectivity index (χ1n) is 10.4. The fourth-order valence-electron chi connectivity index (χ4n) is 4.07. The predicted molar refractivity (Wildman–Crippen MR) is 122 cm³/mol. The smallest absolute Gasteiger partial charge is 0.298 e. The third kappa shape index (κ3) is 4.99. The van der Waals surface area contributed by atoms with Gasteiger partial charge in [-0.05, 0) is 48.9 Å². The zero-order chi connectivity index (χ0) is 23.1. The van der Waals surface area contributed by atoms with Gasteiger partial charge in [0.25, 0.3) is 12.4 Å². The first-order chi connectivity index (χ1) is 15.6. The number of hydrogen-bond acceptors (Lipinski definition) is 4. The fraction of sp³-hybridized carbons (Fsp3) is 0.280. The number of hydrogen-bond donors (Lipinski definition) is 1. The molecule has 1 amide bonds. The maximum absolute atomic E-state index is 13.2. The molecule has 0 radical (unpaired) electrons. The van der Waals surface area contributed by atoms with Crippen molar-refractivity contribution in [1.29, 1.82) is 0 Å². The number of amides is 1. The van der Waals surface area contributed by atoms with E-state index < -0.39 is 0 Å². The monoisotopic (exact) mass is 438 g/mol. The van der Waals surface area contributed by atoms with Crippen LogP contribution < -0.4 is 9.47 Å². The van der Waals surface area contributed by atoms with E-state index in [2.05, 4.69) is 18.1 Å². The number of nitrogens with zero attached hydrogens (tertiary/aromatic N) is 1. The molecule has 0 saturated carbocycles. The van der Waals surface area contributed by atoms with Crippen LogP contribution in [0.25, 0.3) is 10.9 Å². The van der Waals surface area contributed by atoms with Gasteiger partial charge in [0.05, 0.1) is 18.2 Å². The van der Waals surface area contributed by atoms with E-state index in [1.54, 1.807) is 18.3 Å². The highest BCUT2D eigenvalue weighted by atomic mass is 19.1. The van der Waals surface area contributed by atoms with E-state index in [4.69, 9.17) is 9.47 Å². The number of aromatic amines is 1. The number of H-pyrrole nitrogens is 1. The molecule has 2 aromatic carbocycles. The van der Waals surface area contributed by atoms with Gasteiger partial charge in [0.1, 0.15) is 11.6 Å². The number of nitrogens with one attached hydrogen (secondary N) is 1. The lowest BCUT2D eigenvalue weighted by Crippen LogP contribution is -2.39. The first-order valence-corrected chi connectivity index (χ1v) is 10.4. The Labute approximate surface area is 186 Å². The molecule has 1 saturated heterocycles. The summed E-state index contributed by atoms with van der Waals surface area (Å²) in [5.74, 6) is 0.970. The van der Waals surface area contributed by atoms with Crippen LogP contribution in [0, 0.1) is 11.7 Å². The molecule has 1 N–H and O–H groups in total. The summed E-state index contributed by atoms with van der Waals surface area (Å²) in [6.45, 7) is 7.66. The van der Waals surface area contributed by atoms with Gasteiger partial charge in [-0.1, -0.05) is 12.1 Å². The number of methoxy groups -OCH3 is 1. The van der Waals surface area contributed by atoms with E-state index >= 15 is 0 Å². The largest absolute Gasteiger partial charge is 0.496 e. The SMILES string of the molecule is C=C.COc1cc2[nH]cc(OC=O)c2cc1C(=O)N1CCC(Cc2ccc(F)cc2)CC1. The average Bonchev–Trinajstić information content (AvgIpc) is 3.23. The topological polar surface area (TPSA) is 71.6 Å². The summed E-state index contributed by atoms with van der Waals surface area (Å²) in [4.78, 5) is 28.8. The third-order valence-electron chi connectivity index (χ3n) is 5.71. The minimum absolute atomic E-state index is 0.104. The molecule has 7 heteroatoms. The Bertz CT molecular complexity index is 1070. The van der Waals surface area contributed by atoms with Crippen molar-refractivity contribution in [3.8, 4) is 11.5 Å². The van der Waals surface area contributed by atoms with Crippen LogP contribution in [0.2, 0.25) is 0 Å². The zero-order valence-corrected chi connectivity index (χ0v) is 18.1. The Morgan fingerprint density at radius 1 is 1.19 bits per heavy atom. The van der Waals surface area contributed by atoms with Crippen molar-refractivity contribution in [3.63, 3.8) is 0 Å². The summed E-state index contributed by atoms with van der Waals surface area (Å²) in [5, 5.41) is 0.650. The van der Waals surface area contributed by atoms with E-state index in [1.165, 1.54) is 19.2 Å². The van der Waals surface area contributed by atoms with E-state index in [0.717, 1.165) is 30.3 Å². The molecule has 0 aliphatic carbocycles. The van der Waals surface area contributed by atoms with Gasteiger partial charge in [0.2, 0.25) is 0 Å². The van der Waals surface area contributed by atoms with Crippen molar-refractivity contribution >= 4 is 23.3 Å². The lowest BCUT2D eigenvalue weighted by Gasteiger charge is -2.32. The van der Waals surface area contributed by atoms with Crippen LogP contribution in [0.15, 0.2) is 55.8 Å². The van der Waals surface area contributed by atoms with Gasteiger partial charge in [-0.2, -0.15) is 0 Å². The number of carbonyl (C=O) groups excluding carboxylic acids is 2. The number of aromatic nitrogens is 1. The van der Waals surface area contributed by atoms with Crippen molar-refractivity contribution in [2.24, 2.45) is 5.92 Å². The highest BCUT2D eigenvalue weighted by molar-refractivity contribution is 6.02. The number of likely N-dealkylation sites (tertiary alicyclic amines) is 1. The van der Waals surface area contributed by atoms with Crippen LogP contribution >= 0.6 is 0 Å². The summed E-state index contributed by atoms with van der Waals surface area (Å²) in [6, 6.07) is 10.1. The van der Waals surface area contributed by atoms with Crippen molar-refractivity contribution in [2.75, 3.05) is 20.2 Å².